The summed E-state index contributed by atoms with van der Waals surface area (Å²) in [5.41, 5.74) is -0.169. The Morgan fingerprint density at radius 3 is 2.57 bits per heavy atom. The molecule has 4 heteroatoms. The van der Waals surface area contributed by atoms with E-state index in [1.54, 1.807) is 11.3 Å². The molecule has 21 heavy (non-hydrogen) atoms. The van der Waals surface area contributed by atoms with Gasteiger partial charge in [-0.3, -0.25) is 4.79 Å². The molecule has 1 aromatic heterocycles. The first kappa shape index (κ1) is 15.0. The van der Waals surface area contributed by atoms with Gasteiger partial charge in [0.05, 0.1) is 5.41 Å². The Morgan fingerprint density at radius 2 is 2.05 bits per heavy atom. The number of carbonyl (C=O) groups is 1. The molecule has 0 bridgehead atoms. The highest BCUT2D eigenvalue weighted by Gasteiger charge is 2.68. The fourth-order valence-corrected chi connectivity index (χ4v) is 4.85. The molecule has 1 amide bonds. The summed E-state index contributed by atoms with van der Waals surface area (Å²) in [6, 6.07) is 4.19. The number of hydrogen-bond acceptors (Lipinski definition) is 3. The Balaban J connectivity index is 1.68. The van der Waals surface area contributed by atoms with E-state index in [0.717, 1.165) is 19.5 Å². The van der Waals surface area contributed by atoms with Gasteiger partial charge < -0.3 is 9.80 Å². The van der Waals surface area contributed by atoms with E-state index in [9.17, 15) is 4.79 Å². The van der Waals surface area contributed by atoms with Gasteiger partial charge in [0.15, 0.2) is 0 Å². The van der Waals surface area contributed by atoms with Crippen molar-refractivity contribution in [2.45, 2.75) is 38.5 Å². The molecule has 2 heterocycles. The number of likely N-dealkylation sites (N-methyl/N-ethyl adjacent to an activating group) is 1. The van der Waals surface area contributed by atoms with Crippen LogP contribution in [0.15, 0.2) is 17.5 Å². The first-order valence-corrected chi connectivity index (χ1v) is 8.87. The van der Waals surface area contributed by atoms with Gasteiger partial charge in [0.1, 0.15) is 0 Å². The van der Waals surface area contributed by atoms with E-state index < -0.39 is 0 Å². The average molecular weight is 306 g/mol. The van der Waals surface area contributed by atoms with Crippen LogP contribution in [0.3, 0.4) is 0 Å². The third-order valence-corrected chi connectivity index (χ3v) is 6.37. The minimum absolute atomic E-state index is 0.0941. The molecule has 0 N–H and O–H groups in total. The van der Waals surface area contributed by atoms with Crippen molar-refractivity contribution in [3.05, 3.63) is 22.4 Å². The minimum atomic E-state index is -0.263. The predicted molar refractivity (Wildman–Crippen MR) is 87.7 cm³/mol. The topological polar surface area (TPSA) is 23.6 Å². The second kappa shape index (κ2) is 5.40. The van der Waals surface area contributed by atoms with Crippen LogP contribution >= 0.6 is 11.3 Å². The van der Waals surface area contributed by atoms with E-state index in [0.29, 0.717) is 5.91 Å². The van der Waals surface area contributed by atoms with Crippen LogP contribution in [-0.2, 0) is 10.2 Å². The predicted octanol–water partition coefficient (Wildman–Crippen LogP) is 2.97. The van der Waals surface area contributed by atoms with Gasteiger partial charge in [0.25, 0.3) is 0 Å². The zero-order valence-electron chi connectivity index (χ0n) is 13.4. The molecule has 1 saturated heterocycles. The SMILES string of the molecule is CN(CCN1CCCC1)C(=O)[C@]1(c2cccs2)CC1(C)C. The summed E-state index contributed by atoms with van der Waals surface area (Å²) >= 11 is 1.73. The summed E-state index contributed by atoms with van der Waals surface area (Å²) in [6.45, 7) is 8.70. The van der Waals surface area contributed by atoms with Crippen molar-refractivity contribution in [1.29, 1.82) is 0 Å². The maximum Gasteiger partial charge on any atom is 0.234 e. The van der Waals surface area contributed by atoms with Crippen molar-refractivity contribution in [3.8, 4) is 0 Å². The summed E-state index contributed by atoms with van der Waals surface area (Å²) in [6.07, 6.45) is 3.60. The van der Waals surface area contributed by atoms with Crippen molar-refractivity contribution in [2.24, 2.45) is 5.41 Å². The highest BCUT2D eigenvalue weighted by Crippen LogP contribution is 2.65. The van der Waals surface area contributed by atoms with Crippen LogP contribution in [0.2, 0.25) is 0 Å². The van der Waals surface area contributed by atoms with E-state index in [1.807, 2.05) is 11.9 Å². The minimum Gasteiger partial charge on any atom is -0.344 e. The lowest BCUT2D eigenvalue weighted by Crippen LogP contribution is -2.42. The largest absolute Gasteiger partial charge is 0.344 e. The van der Waals surface area contributed by atoms with Crippen molar-refractivity contribution in [3.63, 3.8) is 0 Å². The van der Waals surface area contributed by atoms with E-state index in [1.165, 1.54) is 30.8 Å². The van der Waals surface area contributed by atoms with E-state index in [4.69, 9.17) is 0 Å². The number of amides is 1. The molecule has 0 spiro atoms. The molecule has 1 aliphatic heterocycles. The van der Waals surface area contributed by atoms with Gasteiger partial charge >= 0.3 is 0 Å². The van der Waals surface area contributed by atoms with Crippen LogP contribution in [0.1, 0.15) is 38.0 Å². The van der Waals surface area contributed by atoms with Gasteiger partial charge in [0.2, 0.25) is 5.91 Å². The molecule has 1 aromatic rings. The fourth-order valence-electron chi connectivity index (χ4n) is 3.76. The van der Waals surface area contributed by atoms with Crippen LogP contribution in [0.4, 0.5) is 0 Å². The van der Waals surface area contributed by atoms with Crippen molar-refractivity contribution >= 4 is 17.2 Å². The number of rotatable bonds is 5. The summed E-state index contributed by atoms with van der Waals surface area (Å²) in [4.78, 5) is 18.7. The molecule has 0 aromatic carbocycles. The van der Waals surface area contributed by atoms with Crippen molar-refractivity contribution < 1.29 is 4.79 Å². The quantitative estimate of drug-likeness (QED) is 0.835. The molecule has 3 rings (SSSR count). The first-order valence-electron chi connectivity index (χ1n) is 7.99. The maximum absolute atomic E-state index is 13.1. The normalized spacial score (nSPS) is 27.8. The smallest absolute Gasteiger partial charge is 0.234 e. The van der Waals surface area contributed by atoms with Crippen LogP contribution in [-0.4, -0.2) is 48.9 Å². The number of hydrogen-bond donors (Lipinski definition) is 0. The van der Waals surface area contributed by atoms with E-state index >= 15 is 0 Å². The van der Waals surface area contributed by atoms with Gasteiger partial charge in [-0.2, -0.15) is 0 Å². The zero-order chi connectivity index (χ0) is 15.1. The average Bonchev–Trinajstić information content (AvgIpc) is 2.97. The highest BCUT2D eigenvalue weighted by molar-refractivity contribution is 7.10. The lowest BCUT2D eigenvalue weighted by atomic mass is 9.92. The van der Waals surface area contributed by atoms with Gasteiger partial charge in [0, 0.05) is 25.0 Å². The highest BCUT2D eigenvalue weighted by atomic mass is 32.1. The van der Waals surface area contributed by atoms with Crippen LogP contribution in [0.25, 0.3) is 0 Å². The maximum atomic E-state index is 13.1. The number of thiophene rings is 1. The Kier molecular flexibility index (Phi) is 3.87. The Hall–Kier alpha value is -0.870. The Labute approximate surface area is 131 Å². The molecular weight excluding hydrogens is 280 g/mol. The molecule has 1 atom stereocenters. The summed E-state index contributed by atoms with van der Waals surface area (Å²) < 4.78 is 0. The molecule has 2 aliphatic rings. The zero-order valence-corrected chi connectivity index (χ0v) is 14.2. The lowest BCUT2D eigenvalue weighted by molar-refractivity contribution is -0.133. The Morgan fingerprint density at radius 1 is 1.38 bits per heavy atom. The fraction of sp³-hybridized carbons (Fsp3) is 0.706. The summed E-state index contributed by atoms with van der Waals surface area (Å²) in [5.74, 6) is 0.314. The molecule has 1 aliphatic carbocycles. The molecule has 0 radical (unpaired) electrons. The standard InChI is InChI=1S/C17H26N2OS/c1-16(2)13-17(16,14-7-6-12-21-14)15(20)18(3)10-11-19-8-4-5-9-19/h6-7,12H,4-5,8-11,13H2,1-3H3/t17-/m1/s1. The van der Waals surface area contributed by atoms with E-state index in [-0.39, 0.29) is 10.8 Å². The molecule has 0 unspecified atom stereocenters. The molecule has 1 saturated carbocycles. The van der Waals surface area contributed by atoms with Gasteiger partial charge in [-0.15, -0.1) is 11.3 Å². The molecular formula is C17H26N2OS. The second-order valence-corrected chi connectivity index (χ2v) is 8.17. The molecule has 116 valence electrons. The van der Waals surface area contributed by atoms with Crippen LogP contribution in [0, 0.1) is 5.41 Å². The summed E-state index contributed by atoms with van der Waals surface area (Å²) in [5, 5.41) is 2.09. The van der Waals surface area contributed by atoms with Gasteiger partial charge in [-0.1, -0.05) is 19.9 Å². The van der Waals surface area contributed by atoms with Gasteiger partial charge in [-0.05, 0) is 49.2 Å². The summed E-state index contributed by atoms with van der Waals surface area (Å²) in [7, 11) is 1.97. The third-order valence-electron chi connectivity index (χ3n) is 5.34. The third kappa shape index (κ3) is 2.53. The first-order chi connectivity index (χ1) is 9.97. The Bertz CT molecular complexity index is 505. The van der Waals surface area contributed by atoms with Crippen LogP contribution < -0.4 is 0 Å². The monoisotopic (exact) mass is 306 g/mol. The van der Waals surface area contributed by atoms with Crippen LogP contribution in [0.5, 0.6) is 0 Å². The van der Waals surface area contributed by atoms with Crippen molar-refractivity contribution in [2.75, 3.05) is 33.2 Å². The van der Waals surface area contributed by atoms with Gasteiger partial charge in [-0.25, -0.2) is 0 Å². The van der Waals surface area contributed by atoms with Crippen molar-refractivity contribution in [1.82, 2.24) is 9.80 Å². The molecule has 3 nitrogen and oxygen atoms in total. The number of likely N-dealkylation sites (tertiary alicyclic amines) is 1. The lowest BCUT2D eigenvalue weighted by Gasteiger charge is -2.27. The number of nitrogens with zero attached hydrogens (tertiary/aromatic N) is 2. The number of carbonyl (C=O) groups excluding carboxylic acids is 1. The van der Waals surface area contributed by atoms with E-state index in [2.05, 4.69) is 36.3 Å². The second-order valence-electron chi connectivity index (χ2n) is 7.22. The molecule has 2 fully saturated rings.